The third kappa shape index (κ3) is 5.18. The lowest BCUT2D eigenvalue weighted by molar-refractivity contribution is -0.142. The Morgan fingerprint density at radius 2 is 1.88 bits per heavy atom. The largest absolute Gasteiger partial charge is 0.480 e. The maximum atomic E-state index is 11.4. The number of hydrogen-bond donors (Lipinski definition) is 4. The average molecular weight is 231 g/mol. The van der Waals surface area contributed by atoms with Crippen molar-refractivity contribution in [3.63, 3.8) is 0 Å². The molecule has 2 unspecified atom stereocenters. The van der Waals surface area contributed by atoms with Crippen LogP contribution in [0.2, 0.25) is 0 Å². The molecule has 0 aliphatic carbocycles. The van der Waals surface area contributed by atoms with Crippen molar-refractivity contribution in [3.05, 3.63) is 0 Å². The number of carboxylic acids is 1. The Labute approximate surface area is 93.4 Å². The molecule has 0 heterocycles. The number of carbonyl (C=O) groups excluding carboxylic acids is 2. The number of rotatable bonds is 6. The number of hydrogen-bond acceptors (Lipinski definition) is 3. The summed E-state index contributed by atoms with van der Waals surface area (Å²) in [4.78, 5) is 32.6. The number of carboxylic acid groups (broad SMARTS) is 1. The van der Waals surface area contributed by atoms with Crippen LogP contribution in [0.5, 0.6) is 0 Å². The molecule has 16 heavy (non-hydrogen) atoms. The summed E-state index contributed by atoms with van der Waals surface area (Å²) < 4.78 is 0. The minimum absolute atomic E-state index is 0.338. The molecular formula is C9H17N3O4. The normalized spacial score (nSPS) is 13.6. The fourth-order valence-corrected chi connectivity index (χ4v) is 1.12. The zero-order valence-electron chi connectivity index (χ0n) is 9.32. The van der Waals surface area contributed by atoms with Gasteiger partial charge in [0.15, 0.2) is 0 Å². The van der Waals surface area contributed by atoms with Crippen LogP contribution < -0.4 is 16.4 Å². The Morgan fingerprint density at radius 3 is 2.25 bits per heavy atom. The lowest BCUT2D eigenvalue weighted by Crippen LogP contribution is -2.51. The molecule has 0 aliphatic heterocycles. The number of carbonyl (C=O) groups is 3. The SMILES string of the molecule is CCCC(NC(=O)C(C)NC(N)=O)C(=O)O. The van der Waals surface area contributed by atoms with Gasteiger partial charge < -0.3 is 21.5 Å². The highest BCUT2D eigenvalue weighted by Crippen LogP contribution is 1.97. The second kappa shape index (κ2) is 6.65. The van der Waals surface area contributed by atoms with Crippen molar-refractivity contribution in [2.75, 3.05) is 0 Å². The lowest BCUT2D eigenvalue weighted by atomic mass is 10.1. The molecule has 7 heteroatoms. The van der Waals surface area contributed by atoms with Crippen LogP contribution in [0.4, 0.5) is 4.79 Å². The minimum Gasteiger partial charge on any atom is -0.480 e. The molecule has 92 valence electrons. The number of aliphatic carboxylic acids is 1. The molecule has 0 fully saturated rings. The summed E-state index contributed by atoms with van der Waals surface area (Å²) in [7, 11) is 0. The van der Waals surface area contributed by atoms with Crippen molar-refractivity contribution < 1.29 is 19.5 Å². The van der Waals surface area contributed by atoms with Gasteiger partial charge in [0.25, 0.3) is 0 Å². The van der Waals surface area contributed by atoms with Gasteiger partial charge in [-0.3, -0.25) is 4.79 Å². The molecule has 0 saturated carbocycles. The molecule has 0 aromatic rings. The summed E-state index contributed by atoms with van der Waals surface area (Å²) in [5, 5.41) is 13.3. The summed E-state index contributed by atoms with van der Waals surface area (Å²) in [6.45, 7) is 3.23. The van der Waals surface area contributed by atoms with Crippen molar-refractivity contribution in [1.29, 1.82) is 0 Å². The molecule has 0 aromatic heterocycles. The van der Waals surface area contributed by atoms with Gasteiger partial charge in [-0.2, -0.15) is 0 Å². The quantitative estimate of drug-likeness (QED) is 0.488. The molecule has 0 aliphatic rings. The molecular weight excluding hydrogens is 214 g/mol. The van der Waals surface area contributed by atoms with Crippen molar-refractivity contribution in [2.45, 2.75) is 38.8 Å². The standard InChI is InChI=1S/C9H17N3O4/c1-3-4-6(8(14)15)12-7(13)5(2)11-9(10)16/h5-6H,3-4H2,1-2H3,(H,12,13)(H,14,15)(H3,10,11,16). The third-order valence-electron chi connectivity index (χ3n) is 1.94. The Balaban J connectivity index is 4.28. The lowest BCUT2D eigenvalue weighted by Gasteiger charge is -2.17. The van der Waals surface area contributed by atoms with E-state index in [4.69, 9.17) is 10.8 Å². The van der Waals surface area contributed by atoms with E-state index < -0.39 is 30.0 Å². The Bertz CT molecular complexity index is 280. The monoisotopic (exact) mass is 231 g/mol. The van der Waals surface area contributed by atoms with Crippen LogP contribution in [-0.4, -0.2) is 35.1 Å². The van der Waals surface area contributed by atoms with E-state index in [1.807, 2.05) is 6.92 Å². The molecule has 0 spiro atoms. The number of primary amides is 1. The molecule has 0 radical (unpaired) electrons. The summed E-state index contributed by atoms with van der Waals surface area (Å²) >= 11 is 0. The first-order valence-electron chi connectivity index (χ1n) is 4.97. The zero-order valence-corrected chi connectivity index (χ0v) is 9.32. The van der Waals surface area contributed by atoms with Crippen molar-refractivity contribution >= 4 is 17.9 Å². The molecule has 0 aromatic carbocycles. The maximum Gasteiger partial charge on any atom is 0.326 e. The van der Waals surface area contributed by atoms with Crippen LogP contribution in [-0.2, 0) is 9.59 Å². The first-order valence-corrected chi connectivity index (χ1v) is 4.97. The van der Waals surface area contributed by atoms with Gasteiger partial charge in [0.05, 0.1) is 0 Å². The van der Waals surface area contributed by atoms with E-state index in [1.165, 1.54) is 6.92 Å². The first-order chi connectivity index (χ1) is 7.38. The van der Waals surface area contributed by atoms with E-state index >= 15 is 0 Å². The number of amides is 3. The van der Waals surface area contributed by atoms with Crippen LogP contribution in [0.25, 0.3) is 0 Å². The highest BCUT2D eigenvalue weighted by Gasteiger charge is 2.22. The first kappa shape index (κ1) is 14.2. The predicted molar refractivity (Wildman–Crippen MR) is 56.7 cm³/mol. The molecule has 3 amide bonds. The fraction of sp³-hybridized carbons (Fsp3) is 0.667. The predicted octanol–water partition coefficient (Wildman–Crippen LogP) is -0.587. The van der Waals surface area contributed by atoms with Gasteiger partial charge in [0.2, 0.25) is 5.91 Å². The minimum atomic E-state index is -1.10. The van der Waals surface area contributed by atoms with Gasteiger partial charge in [0, 0.05) is 0 Å². The Morgan fingerprint density at radius 1 is 1.31 bits per heavy atom. The van der Waals surface area contributed by atoms with Gasteiger partial charge in [-0.1, -0.05) is 13.3 Å². The van der Waals surface area contributed by atoms with Crippen molar-refractivity contribution in [2.24, 2.45) is 5.73 Å². The number of urea groups is 1. The highest BCUT2D eigenvalue weighted by molar-refractivity contribution is 5.89. The van der Waals surface area contributed by atoms with Gasteiger partial charge in [-0.25, -0.2) is 9.59 Å². The molecule has 2 atom stereocenters. The fourth-order valence-electron chi connectivity index (χ4n) is 1.12. The van der Waals surface area contributed by atoms with Crippen LogP contribution in [0.3, 0.4) is 0 Å². The highest BCUT2D eigenvalue weighted by atomic mass is 16.4. The molecule has 0 bridgehead atoms. The van der Waals surface area contributed by atoms with E-state index in [-0.39, 0.29) is 0 Å². The smallest absolute Gasteiger partial charge is 0.326 e. The van der Waals surface area contributed by atoms with Gasteiger partial charge in [-0.05, 0) is 13.3 Å². The van der Waals surface area contributed by atoms with Crippen LogP contribution in [0.1, 0.15) is 26.7 Å². The third-order valence-corrected chi connectivity index (χ3v) is 1.94. The molecule has 5 N–H and O–H groups in total. The second-order valence-electron chi connectivity index (χ2n) is 3.42. The summed E-state index contributed by atoms with van der Waals surface area (Å²) in [5.41, 5.74) is 4.83. The second-order valence-corrected chi connectivity index (χ2v) is 3.42. The van der Waals surface area contributed by atoms with Crippen LogP contribution in [0, 0.1) is 0 Å². The Kier molecular flexibility index (Phi) is 5.91. The van der Waals surface area contributed by atoms with E-state index in [0.717, 1.165) is 0 Å². The van der Waals surface area contributed by atoms with Crippen molar-refractivity contribution in [1.82, 2.24) is 10.6 Å². The summed E-state index contributed by atoms with van der Waals surface area (Å²) in [6.07, 6.45) is 0.971. The number of nitrogens with two attached hydrogens (primary N) is 1. The van der Waals surface area contributed by atoms with Gasteiger partial charge >= 0.3 is 12.0 Å². The molecule has 0 saturated heterocycles. The maximum absolute atomic E-state index is 11.4. The topological polar surface area (TPSA) is 122 Å². The average Bonchev–Trinajstić information content (AvgIpc) is 2.15. The number of nitrogens with one attached hydrogen (secondary N) is 2. The Hall–Kier alpha value is -1.79. The van der Waals surface area contributed by atoms with E-state index in [0.29, 0.717) is 12.8 Å². The van der Waals surface area contributed by atoms with Crippen LogP contribution >= 0.6 is 0 Å². The van der Waals surface area contributed by atoms with E-state index in [1.54, 1.807) is 0 Å². The van der Waals surface area contributed by atoms with Crippen molar-refractivity contribution in [3.8, 4) is 0 Å². The van der Waals surface area contributed by atoms with Gasteiger partial charge in [-0.15, -0.1) is 0 Å². The molecule has 7 nitrogen and oxygen atoms in total. The zero-order chi connectivity index (χ0) is 12.7. The van der Waals surface area contributed by atoms with E-state index in [2.05, 4.69) is 10.6 Å². The summed E-state index contributed by atoms with van der Waals surface area (Å²) in [6, 6.07) is -2.61. The molecule has 0 rings (SSSR count). The van der Waals surface area contributed by atoms with Crippen LogP contribution in [0.15, 0.2) is 0 Å². The van der Waals surface area contributed by atoms with Gasteiger partial charge in [0.1, 0.15) is 12.1 Å². The van der Waals surface area contributed by atoms with E-state index in [9.17, 15) is 14.4 Å². The summed E-state index contributed by atoms with van der Waals surface area (Å²) in [5.74, 6) is -1.67.